The first-order valence-electron chi connectivity index (χ1n) is 18.8. The number of para-hydroxylation sites is 1. The lowest BCUT2D eigenvalue weighted by Crippen LogP contribution is -2.49. The summed E-state index contributed by atoms with van der Waals surface area (Å²) in [5, 5.41) is 10.3. The topological polar surface area (TPSA) is 158 Å². The van der Waals surface area contributed by atoms with Gasteiger partial charge in [-0.2, -0.15) is 5.10 Å². The molecule has 2 N–H and O–H groups in total. The average molecular weight is 756 g/mol. The van der Waals surface area contributed by atoms with Crippen LogP contribution in [0, 0.1) is 12.8 Å². The normalized spacial score (nSPS) is 23.3. The molecule has 5 aromatic rings. The standard InChI is InChI=1S/C39H43F2N9O5/c1-22-6-4-8-28(42-22)35(52)43-31-18-24-20-49(45-33(24)37(54)46(31)2)25-12-10-23(11-13-25)19-48-17-16-27(39(40,41)21-48)26-7-5-9-29-34(26)47(3)38(55)50(29)30-14-15-32(51)44-36(30)53/h4-9,18,20,23,25,27,30H,10-17,19,21H2,1-3H3,(H,43,52)(H,44,51,53). The van der Waals surface area contributed by atoms with Gasteiger partial charge in [0.15, 0.2) is 5.52 Å². The second kappa shape index (κ2) is 14.0. The van der Waals surface area contributed by atoms with Crippen molar-refractivity contribution in [2.24, 2.45) is 20.0 Å². The Morgan fingerprint density at radius 2 is 1.75 bits per heavy atom. The number of piperidine rings is 2. The maximum absolute atomic E-state index is 16.1. The van der Waals surface area contributed by atoms with Crippen molar-refractivity contribution < 1.29 is 23.2 Å². The van der Waals surface area contributed by atoms with Crippen molar-refractivity contribution in [3.8, 4) is 0 Å². The van der Waals surface area contributed by atoms with E-state index in [-0.39, 0.29) is 42.5 Å². The van der Waals surface area contributed by atoms with Crippen LogP contribution in [0.1, 0.15) is 84.7 Å². The van der Waals surface area contributed by atoms with Crippen molar-refractivity contribution in [2.45, 2.75) is 75.8 Å². The summed E-state index contributed by atoms with van der Waals surface area (Å²) in [6.07, 6.45) is 5.52. The largest absolute Gasteiger partial charge is 0.329 e. The molecule has 2 unspecified atom stereocenters. The van der Waals surface area contributed by atoms with Crippen molar-refractivity contribution in [3.63, 3.8) is 0 Å². The number of anilines is 1. The molecule has 8 rings (SSSR count). The Labute approximate surface area is 314 Å². The van der Waals surface area contributed by atoms with Crippen LogP contribution >= 0.6 is 0 Å². The molecule has 14 nitrogen and oxygen atoms in total. The van der Waals surface area contributed by atoms with E-state index in [4.69, 9.17) is 0 Å². The van der Waals surface area contributed by atoms with Gasteiger partial charge in [-0.05, 0) is 87.7 Å². The molecule has 0 bridgehead atoms. The number of alkyl halides is 2. The first-order chi connectivity index (χ1) is 26.3. The van der Waals surface area contributed by atoms with E-state index in [0.29, 0.717) is 52.1 Å². The number of aryl methyl sites for hydroxylation is 2. The average Bonchev–Trinajstić information content (AvgIpc) is 3.69. The van der Waals surface area contributed by atoms with E-state index in [1.54, 1.807) is 56.4 Å². The van der Waals surface area contributed by atoms with Crippen molar-refractivity contribution >= 4 is 45.5 Å². The van der Waals surface area contributed by atoms with Crippen LogP contribution in [0.15, 0.2) is 58.3 Å². The van der Waals surface area contributed by atoms with E-state index in [2.05, 4.69) is 20.7 Å². The van der Waals surface area contributed by atoms with Gasteiger partial charge in [-0.3, -0.25) is 47.8 Å². The highest BCUT2D eigenvalue weighted by Crippen LogP contribution is 2.44. The number of nitrogens with zero attached hydrogens (tertiary/aromatic N) is 7. The zero-order chi connectivity index (χ0) is 38.8. The molecule has 55 heavy (non-hydrogen) atoms. The number of carbonyl (C=O) groups is 3. The summed E-state index contributed by atoms with van der Waals surface area (Å²) in [6, 6.07) is 11.0. The SMILES string of the molecule is Cc1cccc(C(=O)Nc2cc3cn(C4CCC(CN5CCC(c6cccc7c6n(C)c(=O)n7C6CCC(=O)NC6=O)C(F)(F)C5)CC4)nc3c(=O)n2C)n1. The van der Waals surface area contributed by atoms with Gasteiger partial charge in [0.05, 0.1) is 29.5 Å². The van der Waals surface area contributed by atoms with E-state index in [9.17, 15) is 24.0 Å². The summed E-state index contributed by atoms with van der Waals surface area (Å²) < 4.78 is 38.1. The van der Waals surface area contributed by atoms with Crippen LogP contribution in [0.4, 0.5) is 14.6 Å². The molecule has 0 radical (unpaired) electrons. The number of imidazole rings is 1. The molecule has 288 valence electrons. The fraction of sp³-hybridized carbons (Fsp3) is 0.462. The fourth-order valence-electron chi connectivity index (χ4n) is 8.83. The van der Waals surface area contributed by atoms with Crippen LogP contribution < -0.4 is 21.9 Å². The Morgan fingerprint density at radius 3 is 2.47 bits per heavy atom. The number of imide groups is 1. The molecule has 1 aliphatic carbocycles. The minimum Gasteiger partial charge on any atom is -0.307 e. The van der Waals surface area contributed by atoms with Gasteiger partial charge in [0, 0.05) is 44.3 Å². The number of pyridine rings is 2. The summed E-state index contributed by atoms with van der Waals surface area (Å²) in [7, 11) is 3.12. The molecule has 1 saturated carbocycles. The Balaban J connectivity index is 0.919. The molecular weight excluding hydrogens is 712 g/mol. The van der Waals surface area contributed by atoms with E-state index in [1.807, 2.05) is 15.8 Å². The minimum absolute atomic E-state index is 0.0506. The van der Waals surface area contributed by atoms with Crippen LogP contribution in [-0.2, 0) is 23.7 Å². The molecule has 3 aliphatic rings. The van der Waals surface area contributed by atoms with Gasteiger partial charge in [0.1, 0.15) is 17.6 Å². The fourth-order valence-corrected chi connectivity index (χ4v) is 8.83. The summed E-state index contributed by atoms with van der Waals surface area (Å²) in [5.41, 5.74) is 1.63. The monoisotopic (exact) mass is 755 g/mol. The Bertz CT molecular complexity index is 2470. The third kappa shape index (κ3) is 6.66. The van der Waals surface area contributed by atoms with Gasteiger partial charge in [0.25, 0.3) is 17.4 Å². The van der Waals surface area contributed by atoms with Crippen LogP contribution in [0.5, 0.6) is 0 Å². The van der Waals surface area contributed by atoms with E-state index >= 15 is 8.78 Å². The first-order valence-corrected chi connectivity index (χ1v) is 18.8. The van der Waals surface area contributed by atoms with E-state index in [0.717, 1.165) is 25.7 Å². The van der Waals surface area contributed by atoms with E-state index in [1.165, 1.54) is 20.7 Å². The smallest absolute Gasteiger partial charge is 0.307 e. The Morgan fingerprint density at radius 1 is 0.982 bits per heavy atom. The number of nitrogens with one attached hydrogen (secondary N) is 2. The zero-order valence-electron chi connectivity index (χ0n) is 30.9. The quantitative estimate of drug-likeness (QED) is 0.235. The van der Waals surface area contributed by atoms with Gasteiger partial charge in [-0.15, -0.1) is 0 Å². The second-order valence-corrected chi connectivity index (χ2v) is 15.3. The zero-order valence-corrected chi connectivity index (χ0v) is 30.9. The number of aromatic nitrogens is 6. The summed E-state index contributed by atoms with van der Waals surface area (Å²) in [6.45, 7) is 2.42. The van der Waals surface area contributed by atoms with Gasteiger partial charge in [-0.25, -0.2) is 18.6 Å². The molecule has 2 saturated heterocycles. The first kappa shape index (κ1) is 36.5. The number of likely N-dealkylation sites (tertiary alicyclic amines) is 1. The lowest BCUT2D eigenvalue weighted by Gasteiger charge is -2.41. The van der Waals surface area contributed by atoms with Crippen LogP contribution in [0.2, 0.25) is 0 Å². The molecule has 4 aromatic heterocycles. The molecule has 3 fully saturated rings. The number of halogens is 2. The second-order valence-electron chi connectivity index (χ2n) is 15.3. The number of fused-ring (bicyclic) bond motifs is 2. The number of hydrogen-bond acceptors (Lipinski definition) is 8. The summed E-state index contributed by atoms with van der Waals surface area (Å²) >= 11 is 0. The van der Waals surface area contributed by atoms with Crippen molar-refractivity contribution in [1.29, 1.82) is 0 Å². The highest BCUT2D eigenvalue weighted by atomic mass is 19.3. The summed E-state index contributed by atoms with van der Waals surface area (Å²) in [5.74, 6) is -5.00. The van der Waals surface area contributed by atoms with Crippen LogP contribution in [0.25, 0.3) is 21.9 Å². The Kier molecular flexibility index (Phi) is 9.26. The van der Waals surface area contributed by atoms with Crippen molar-refractivity contribution in [1.82, 2.24) is 38.7 Å². The third-order valence-electron chi connectivity index (χ3n) is 11.7. The lowest BCUT2D eigenvalue weighted by atomic mass is 9.83. The third-order valence-corrected chi connectivity index (χ3v) is 11.7. The van der Waals surface area contributed by atoms with Gasteiger partial charge >= 0.3 is 5.69 Å². The maximum Gasteiger partial charge on any atom is 0.329 e. The highest BCUT2D eigenvalue weighted by Gasteiger charge is 2.47. The molecule has 3 amide bonds. The van der Waals surface area contributed by atoms with Gasteiger partial charge in [-0.1, -0.05) is 18.2 Å². The predicted molar refractivity (Wildman–Crippen MR) is 200 cm³/mol. The molecule has 2 atom stereocenters. The number of benzene rings is 1. The lowest BCUT2D eigenvalue weighted by molar-refractivity contribution is -0.135. The summed E-state index contributed by atoms with van der Waals surface area (Å²) in [4.78, 5) is 70.1. The van der Waals surface area contributed by atoms with Crippen LogP contribution in [-0.4, -0.2) is 76.6 Å². The molecule has 0 spiro atoms. The molecule has 16 heteroatoms. The maximum atomic E-state index is 16.1. The number of hydrogen-bond donors (Lipinski definition) is 2. The molecular formula is C39H43F2N9O5. The molecule has 1 aromatic carbocycles. The van der Waals surface area contributed by atoms with Gasteiger partial charge in [0.2, 0.25) is 11.8 Å². The predicted octanol–water partition coefficient (Wildman–Crippen LogP) is 4.18. The van der Waals surface area contributed by atoms with Gasteiger partial charge < -0.3 is 5.32 Å². The molecule has 2 aliphatic heterocycles. The number of rotatable bonds is 7. The number of amides is 3. The van der Waals surface area contributed by atoms with E-state index < -0.39 is 47.8 Å². The van der Waals surface area contributed by atoms with Crippen molar-refractivity contribution in [2.75, 3.05) is 25.0 Å². The van der Waals surface area contributed by atoms with Crippen molar-refractivity contribution in [3.05, 3.63) is 86.5 Å². The molecule has 6 heterocycles. The minimum atomic E-state index is -3.06. The highest BCUT2D eigenvalue weighted by molar-refractivity contribution is 6.03. The Hall–Kier alpha value is -5.51. The van der Waals surface area contributed by atoms with Crippen LogP contribution in [0.3, 0.4) is 0 Å². The number of carbonyl (C=O) groups excluding carboxylic acids is 3.